The van der Waals surface area contributed by atoms with E-state index in [-0.39, 0.29) is 6.04 Å². The summed E-state index contributed by atoms with van der Waals surface area (Å²) in [7, 11) is 2.06. The maximum atomic E-state index is 4.57. The summed E-state index contributed by atoms with van der Waals surface area (Å²) >= 11 is 1.79. The van der Waals surface area contributed by atoms with Crippen LogP contribution >= 0.6 is 11.3 Å². The van der Waals surface area contributed by atoms with Gasteiger partial charge in [-0.3, -0.25) is 0 Å². The average molecular weight is 304 g/mol. The van der Waals surface area contributed by atoms with E-state index < -0.39 is 0 Å². The molecule has 0 spiro atoms. The number of hydrogen-bond acceptors (Lipinski definition) is 4. The fourth-order valence-corrected chi connectivity index (χ4v) is 3.95. The zero-order valence-corrected chi connectivity index (χ0v) is 13.8. The molecule has 3 unspecified atom stereocenters. The van der Waals surface area contributed by atoms with Gasteiger partial charge in [0.2, 0.25) is 0 Å². The highest BCUT2D eigenvalue weighted by atomic mass is 32.1. The van der Waals surface area contributed by atoms with Crippen molar-refractivity contribution in [3.63, 3.8) is 0 Å². The molecular formula is C16H24N4S. The summed E-state index contributed by atoms with van der Waals surface area (Å²) in [6, 6.07) is 5.57. The molecule has 4 nitrogen and oxygen atoms in total. The molecule has 0 bridgehead atoms. The Hall–Kier alpha value is -1.17. The van der Waals surface area contributed by atoms with Gasteiger partial charge in [-0.05, 0) is 38.1 Å². The Bertz CT molecular complexity index is 553. The second kappa shape index (κ2) is 6.30. The van der Waals surface area contributed by atoms with E-state index in [1.807, 2.05) is 12.4 Å². The summed E-state index contributed by atoms with van der Waals surface area (Å²) in [5.41, 5.74) is 3.76. The fraction of sp³-hybridized carbons (Fsp3) is 0.562. The maximum absolute atomic E-state index is 4.57. The summed E-state index contributed by atoms with van der Waals surface area (Å²) in [5.74, 6) is 1.07. The molecule has 3 atom stereocenters. The molecule has 0 amide bonds. The second-order valence-corrected chi connectivity index (χ2v) is 6.99. The van der Waals surface area contributed by atoms with Gasteiger partial charge in [-0.2, -0.15) is 0 Å². The van der Waals surface area contributed by atoms with Crippen LogP contribution in [0.1, 0.15) is 49.9 Å². The van der Waals surface area contributed by atoms with Crippen molar-refractivity contribution in [1.29, 1.82) is 0 Å². The van der Waals surface area contributed by atoms with Gasteiger partial charge < -0.3 is 4.57 Å². The Morgan fingerprint density at radius 2 is 2.10 bits per heavy atom. The van der Waals surface area contributed by atoms with Gasteiger partial charge in [0.05, 0.1) is 0 Å². The molecule has 0 radical (unpaired) electrons. The van der Waals surface area contributed by atoms with Crippen molar-refractivity contribution >= 4 is 11.3 Å². The molecule has 21 heavy (non-hydrogen) atoms. The van der Waals surface area contributed by atoms with Crippen LogP contribution in [0.5, 0.6) is 0 Å². The molecule has 0 aromatic carbocycles. The SMILES string of the molecule is CC1CCCC(C)N1NC(c1cccs1)c1nccn1C. The summed E-state index contributed by atoms with van der Waals surface area (Å²) in [5, 5.41) is 4.57. The number of thiophene rings is 1. The van der Waals surface area contributed by atoms with Crippen molar-refractivity contribution in [2.45, 2.75) is 51.2 Å². The minimum Gasteiger partial charge on any atom is -0.336 e. The van der Waals surface area contributed by atoms with Crippen LogP contribution in [0.4, 0.5) is 0 Å². The number of nitrogens with one attached hydrogen (secondary N) is 1. The summed E-state index contributed by atoms with van der Waals surface area (Å²) < 4.78 is 2.11. The first-order valence-corrected chi connectivity index (χ1v) is 8.60. The third kappa shape index (κ3) is 3.05. The van der Waals surface area contributed by atoms with Crippen molar-refractivity contribution in [1.82, 2.24) is 20.0 Å². The first-order valence-electron chi connectivity index (χ1n) is 7.72. The van der Waals surface area contributed by atoms with Gasteiger partial charge >= 0.3 is 0 Å². The Morgan fingerprint density at radius 1 is 1.33 bits per heavy atom. The van der Waals surface area contributed by atoms with E-state index in [0.29, 0.717) is 12.1 Å². The van der Waals surface area contributed by atoms with Crippen molar-refractivity contribution in [3.8, 4) is 0 Å². The van der Waals surface area contributed by atoms with E-state index in [2.05, 4.69) is 58.4 Å². The number of nitrogens with zero attached hydrogens (tertiary/aromatic N) is 3. The van der Waals surface area contributed by atoms with Crippen LogP contribution in [0.25, 0.3) is 0 Å². The van der Waals surface area contributed by atoms with E-state index in [0.717, 1.165) is 5.82 Å². The molecule has 2 aromatic rings. The molecule has 1 aliphatic heterocycles. The molecule has 2 aromatic heterocycles. The maximum Gasteiger partial charge on any atom is 0.132 e. The normalized spacial score (nSPS) is 25.1. The molecule has 5 heteroatoms. The molecule has 1 N–H and O–H groups in total. The monoisotopic (exact) mass is 304 g/mol. The fourth-order valence-electron chi connectivity index (χ4n) is 3.18. The smallest absolute Gasteiger partial charge is 0.132 e. The van der Waals surface area contributed by atoms with Crippen molar-refractivity contribution in [2.75, 3.05) is 0 Å². The van der Waals surface area contributed by atoms with Crippen LogP contribution < -0.4 is 5.43 Å². The molecule has 3 rings (SSSR count). The van der Waals surface area contributed by atoms with Crippen LogP contribution in [0.15, 0.2) is 29.9 Å². The van der Waals surface area contributed by atoms with E-state index in [4.69, 9.17) is 0 Å². The minimum absolute atomic E-state index is 0.132. The van der Waals surface area contributed by atoms with Gasteiger partial charge in [-0.15, -0.1) is 11.3 Å². The molecule has 0 aliphatic carbocycles. The summed E-state index contributed by atoms with van der Waals surface area (Å²) in [6.45, 7) is 4.62. The van der Waals surface area contributed by atoms with Gasteiger partial charge in [-0.25, -0.2) is 15.4 Å². The highest BCUT2D eigenvalue weighted by molar-refractivity contribution is 7.10. The lowest BCUT2D eigenvalue weighted by atomic mass is 9.99. The molecule has 1 saturated heterocycles. The zero-order chi connectivity index (χ0) is 14.8. The Morgan fingerprint density at radius 3 is 2.67 bits per heavy atom. The van der Waals surface area contributed by atoms with Gasteiger partial charge in [0, 0.05) is 36.4 Å². The highest BCUT2D eigenvalue weighted by Gasteiger charge is 2.29. The molecule has 0 saturated carbocycles. The van der Waals surface area contributed by atoms with Gasteiger partial charge in [-0.1, -0.05) is 12.5 Å². The highest BCUT2D eigenvalue weighted by Crippen LogP contribution is 2.28. The topological polar surface area (TPSA) is 33.1 Å². The van der Waals surface area contributed by atoms with Crippen molar-refractivity contribution in [3.05, 3.63) is 40.6 Å². The zero-order valence-electron chi connectivity index (χ0n) is 13.0. The first-order chi connectivity index (χ1) is 10.2. The van der Waals surface area contributed by atoms with Crippen molar-refractivity contribution in [2.24, 2.45) is 7.05 Å². The third-order valence-electron chi connectivity index (χ3n) is 4.42. The Balaban J connectivity index is 1.88. The number of aromatic nitrogens is 2. The van der Waals surface area contributed by atoms with E-state index in [1.165, 1.54) is 24.1 Å². The number of piperidine rings is 1. The minimum atomic E-state index is 0.132. The van der Waals surface area contributed by atoms with E-state index in [9.17, 15) is 0 Å². The standard InChI is InChI=1S/C16H24N4S/c1-12-6-4-7-13(2)20(12)18-15(14-8-5-11-21-14)16-17-9-10-19(16)3/h5,8-13,15,18H,4,6-7H2,1-3H3. The number of aryl methyl sites for hydroxylation is 1. The van der Waals surface area contributed by atoms with Crippen LogP contribution in [-0.4, -0.2) is 26.6 Å². The largest absolute Gasteiger partial charge is 0.336 e. The predicted molar refractivity (Wildman–Crippen MR) is 87.1 cm³/mol. The molecule has 3 heterocycles. The van der Waals surface area contributed by atoms with Gasteiger partial charge in [0.25, 0.3) is 0 Å². The summed E-state index contributed by atoms with van der Waals surface area (Å²) in [4.78, 5) is 5.88. The summed E-state index contributed by atoms with van der Waals surface area (Å²) in [6.07, 6.45) is 7.73. The lowest BCUT2D eigenvalue weighted by molar-refractivity contribution is 0.0342. The predicted octanol–water partition coefficient (Wildman–Crippen LogP) is 3.34. The Kier molecular flexibility index (Phi) is 4.42. The van der Waals surface area contributed by atoms with E-state index >= 15 is 0 Å². The van der Waals surface area contributed by atoms with E-state index in [1.54, 1.807) is 11.3 Å². The third-order valence-corrected chi connectivity index (χ3v) is 5.35. The Labute approximate surface area is 130 Å². The number of hydrogen-bond donors (Lipinski definition) is 1. The second-order valence-electron chi connectivity index (χ2n) is 6.01. The molecule has 1 aliphatic rings. The van der Waals surface area contributed by atoms with Crippen LogP contribution in [0, 0.1) is 0 Å². The lowest BCUT2D eigenvalue weighted by Crippen LogP contribution is -2.53. The van der Waals surface area contributed by atoms with Gasteiger partial charge in [0.15, 0.2) is 0 Å². The molecule has 114 valence electrons. The van der Waals surface area contributed by atoms with Crippen LogP contribution in [0.3, 0.4) is 0 Å². The number of imidazole rings is 1. The molecular weight excluding hydrogens is 280 g/mol. The number of hydrazine groups is 1. The number of rotatable bonds is 4. The van der Waals surface area contributed by atoms with Gasteiger partial charge in [0.1, 0.15) is 11.9 Å². The molecule has 1 fully saturated rings. The first kappa shape index (κ1) is 14.8. The average Bonchev–Trinajstić information content (AvgIpc) is 3.11. The van der Waals surface area contributed by atoms with Crippen LogP contribution in [0.2, 0.25) is 0 Å². The van der Waals surface area contributed by atoms with Crippen molar-refractivity contribution < 1.29 is 0 Å². The van der Waals surface area contributed by atoms with Crippen LogP contribution in [-0.2, 0) is 7.05 Å². The quantitative estimate of drug-likeness (QED) is 0.940. The lowest BCUT2D eigenvalue weighted by Gasteiger charge is -2.41.